The first kappa shape index (κ1) is 10.5. The molecule has 1 aromatic carbocycles. The van der Waals surface area contributed by atoms with E-state index in [9.17, 15) is 4.39 Å². The van der Waals surface area contributed by atoms with Crippen LogP contribution in [0.1, 0.15) is 12.5 Å². The van der Waals surface area contributed by atoms with Gasteiger partial charge in [-0.25, -0.2) is 4.39 Å². The van der Waals surface area contributed by atoms with Gasteiger partial charge >= 0.3 is 0 Å². The Hall–Kier alpha value is -1.58. The second-order valence-corrected chi connectivity index (χ2v) is 2.98. The lowest BCUT2D eigenvalue weighted by molar-refractivity contribution is 0.317. The molecule has 0 aliphatic heterocycles. The van der Waals surface area contributed by atoms with E-state index in [4.69, 9.17) is 9.94 Å². The molecular weight excluding hydrogens is 185 g/mol. The Labute approximate surface area is 81.8 Å². The van der Waals surface area contributed by atoms with Gasteiger partial charge in [0.1, 0.15) is 0 Å². The van der Waals surface area contributed by atoms with Gasteiger partial charge in [0.25, 0.3) is 0 Å². The molecule has 0 aromatic heterocycles. The second kappa shape index (κ2) is 4.60. The molecule has 0 unspecified atom stereocenters. The Morgan fingerprint density at radius 1 is 1.57 bits per heavy atom. The molecule has 0 heterocycles. The van der Waals surface area contributed by atoms with Crippen LogP contribution in [0.25, 0.3) is 0 Å². The van der Waals surface area contributed by atoms with E-state index in [0.29, 0.717) is 12.1 Å². The molecule has 0 saturated carbocycles. The first-order chi connectivity index (χ1) is 6.67. The van der Waals surface area contributed by atoms with Crippen LogP contribution >= 0.6 is 0 Å². The van der Waals surface area contributed by atoms with Crippen LogP contribution in [0.3, 0.4) is 0 Å². The molecule has 0 atom stereocenters. The van der Waals surface area contributed by atoms with E-state index in [1.165, 1.54) is 13.2 Å². The molecule has 1 rings (SSSR count). The molecule has 0 fully saturated rings. The van der Waals surface area contributed by atoms with Crippen LogP contribution in [-0.2, 0) is 6.42 Å². The molecule has 0 spiro atoms. The van der Waals surface area contributed by atoms with E-state index in [-0.39, 0.29) is 5.75 Å². The Balaban J connectivity index is 2.90. The summed E-state index contributed by atoms with van der Waals surface area (Å²) in [6, 6.07) is 4.55. The highest BCUT2D eigenvalue weighted by Gasteiger charge is 2.04. The number of hydrogen-bond donors (Lipinski definition) is 1. The molecule has 76 valence electrons. The summed E-state index contributed by atoms with van der Waals surface area (Å²) in [7, 11) is 1.41. The van der Waals surface area contributed by atoms with Gasteiger partial charge in [-0.15, -0.1) is 0 Å². The molecule has 0 saturated heterocycles. The van der Waals surface area contributed by atoms with Gasteiger partial charge in [-0.1, -0.05) is 11.2 Å². The minimum atomic E-state index is -0.394. The fraction of sp³-hybridized carbons (Fsp3) is 0.300. The van der Waals surface area contributed by atoms with Crippen molar-refractivity contribution in [3.8, 4) is 5.75 Å². The number of oxime groups is 1. The highest BCUT2D eigenvalue weighted by Crippen LogP contribution is 2.18. The predicted molar refractivity (Wildman–Crippen MR) is 51.6 cm³/mol. The SMILES string of the molecule is COc1cc(C/C(C)=N/O)ccc1F. The summed E-state index contributed by atoms with van der Waals surface area (Å²) in [5.41, 5.74) is 1.41. The average molecular weight is 197 g/mol. The van der Waals surface area contributed by atoms with Crippen molar-refractivity contribution in [2.45, 2.75) is 13.3 Å². The number of rotatable bonds is 3. The van der Waals surface area contributed by atoms with Gasteiger partial charge < -0.3 is 9.94 Å². The molecule has 0 amide bonds. The lowest BCUT2D eigenvalue weighted by atomic mass is 10.1. The Kier molecular flexibility index (Phi) is 3.45. The van der Waals surface area contributed by atoms with Crippen LogP contribution in [0.4, 0.5) is 4.39 Å². The molecule has 14 heavy (non-hydrogen) atoms. The highest BCUT2D eigenvalue weighted by atomic mass is 19.1. The lowest BCUT2D eigenvalue weighted by Crippen LogP contribution is -1.98. The van der Waals surface area contributed by atoms with Gasteiger partial charge in [0.05, 0.1) is 12.8 Å². The summed E-state index contributed by atoms with van der Waals surface area (Å²) >= 11 is 0. The third kappa shape index (κ3) is 2.45. The van der Waals surface area contributed by atoms with Crippen molar-refractivity contribution < 1.29 is 14.3 Å². The van der Waals surface area contributed by atoms with Gasteiger partial charge in [-0.2, -0.15) is 0 Å². The summed E-state index contributed by atoms with van der Waals surface area (Å²) in [6.07, 6.45) is 0.479. The maximum atomic E-state index is 13.0. The smallest absolute Gasteiger partial charge is 0.165 e. The van der Waals surface area contributed by atoms with Gasteiger partial charge in [0.2, 0.25) is 0 Å². The minimum absolute atomic E-state index is 0.202. The number of methoxy groups -OCH3 is 1. The van der Waals surface area contributed by atoms with E-state index in [2.05, 4.69) is 5.16 Å². The van der Waals surface area contributed by atoms with Crippen molar-refractivity contribution in [3.63, 3.8) is 0 Å². The Morgan fingerprint density at radius 2 is 2.29 bits per heavy atom. The maximum Gasteiger partial charge on any atom is 0.165 e. The summed E-state index contributed by atoms with van der Waals surface area (Å²) in [5.74, 6) is -0.192. The quantitative estimate of drug-likeness (QED) is 0.458. The van der Waals surface area contributed by atoms with Gasteiger partial charge in [-0.05, 0) is 24.6 Å². The summed E-state index contributed by atoms with van der Waals surface area (Å²) < 4.78 is 17.8. The highest BCUT2D eigenvalue weighted by molar-refractivity contribution is 5.83. The van der Waals surface area contributed by atoms with Crippen LogP contribution in [0.15, 0.2) is 23.4 Å². The van der Waals surface area contributed by atoms with Crippen molar-refractivity contribution in [2.24, 2.45) is 5.16 Å². The van der Waals surface area contributed by atoms with Crippen LogP contribution in [0.2, 0.25) is 0 Å². The molecule has 1 N–H and O–H groups in total. The van der Waals surface area contributed by atoms with E-state index in [1.807, 2.05) is 0 Å². The number of ether oxygens (including phenoxy) is 1. The normalized spacial score (nSPS) is 11.5. The molecule has 0 radical (unpaired) electrons. The number of halogens is 1. The summed E-state index contributed by atoms with van der Waals surface area (Å²) in [5, 5.41) is 11.5. The third-order valence-electron chi connectivity index (χ3n) is 1.85. The maximum absolute atomic E-state index is 13.0. The van der Waals surface area contributed by atoms with Gasteiger partial charge in [-0.3, -0.25) is 0 Å². The van der Waals surface area contributed by atoms with Crippen molar-refractivity contribution in [1.29, 1.82) is 0 Å². The van der Waals surface area contributed by atoms with Crippen molar-refractivity contribution in [3.05, 3.63) is 29.6 Å². The van der Waals surface area contributed by atoms with Crippen LogP contribution in [0.5, 0.6) is 5.75 Å². The zero-order chi connectivity index (χ0) is 10.6. The van der Waals surface area contributed by atoms with Crippen LogP contribution in [0, 0.1) is 5.82 Å². The molecule has 4 heteroatoms. The molecule has 3 nitrogen and oxygen atoms in total. The van der Waals surface area contributed by atoms with Crippen molar-refractivity contribution in [1.82, 2.24) is 0 Å². The second-order valence-electron chi connectivity index (χ2n) is 2.98. The largest absolute Gasteiger partial charge is 0.494 e. The third-order valence-corrected chi connectivity index (χ3v) is 1.85. The summed E-state index contributed by atoms with van der Waals surface area (Å²) in [6.45, 7) is 1.69. The molecule has 1 aromatic rings. The Bertz CT molecular complexity index is 350. The number of nitrogens with zero attached hydrogens (tertiary/aromatic N) is 1. The molecule has 0 aliphatic carbocycles. The molecule has 0 aliphatic rings. The molecular formula is C10H12FNO2. The first-order valence-corrected chi connectivity index (χ1v) is 4.17. The van der Waals surface area contributed by atoms with E-state index in [0.717, 1.165) is 5.56 Å². The van der Waals surface area contributed by atoms with Crippen LogP contribution in [-0.4, -0.2) is 18.0 Å². The zero-order valence-electron chi connectivity index (χ0n) is 8.12. The van der Waals surface area contributed by atoms with E-state index >= 15 is 0 Å². The standard InChI is InChI=1S/C10H12FNO2/c1-7(12-13)5-8-3-4-9(11)10(6-8)14-2/h3-4,6,13H,5H2,1-2H3/b12-7+. The average Bonchev–Trinajstić information content (AvgIpc) is 2.20. The van der Waals surface area contributed by atoms with Crippen molar-refractivity contribution >= 4 is 5.71 Å². The van der Waals surface area contributed by atoms with Gasteiger partial charge in [0.15, 0.2) is 11.6 Å². The van der Waals surface area contributed by atoms with Crippen LogP contribution < -0.4 is 4.74 Å². The summed E-state index contributed by atoms with van der Waals surface area (Å²) in [4.78, 5) is 0. The number of benzene rings is 1. The minimum Gasteiger partial charge on any atom is -0.494 e. The fourth-order valence-electron chi connectivity index (χ4n) is 1.14. The topological polar surface area (TPSA) is 41.8 Å². The number of hydrogen-bond acceptors (Lipinski definition) is 3. The van der Waals surface area contributed by atoms with Crippen molar-refractivity contribution in [2.75, 3.05) is 7.11 Å². The van der Waals surface area contributed by atoms with E-state index in [1.54, 1.807) is 19.1 Å². The zero-order valence-corrected chi connectivity index (χ0v) is 8.12. The van der Waals surface area contributed by atoms with Gasteiger partial charge in [0, 0.05) is 6.42 Å². The predicted octanol–water partition coefficient (Wildman–Crippen LogP) is 2.23. The fourth-order valence-corrected chi connectivity index (χ4v) is 1.14. The first-order valence-electron chi connectivity index (χ1n) is 4.17. The Morgan fingerprint density at radius 3 is 2.86 bits per heavy atom. The molecule has 0 bridgehead atoms. The monoisotopic (exact) mass is 197 g/mol. The van der Waals surface area contributed by atoms with E-state index < -0.39 is 5.82 Å². The lowest BCUT2D eigenvalue weighted by Gasteiger charge is -2.04.